The second-order valence-corrected chi connectivity index (χ2v) is 6.65. The minimum Gasteiger partial charge on any atom is -0.201 e. The van der Waals surface area contributed by atoms with Crippen molar-refractivity contribution in [1.29, 1.82) is 0 Å². The van der Waals surface area contributed by atoms with Gasteiger partial charge in [0.1, 0.15) is 0 Å². The van der Waals surface area contributed by atoms with Crippen molar-refractivity contribution in [3.05, 3.63) is 34.8 Å². The van der Waals surface area contributed by atoms with Gasteiger partial charge in [-0.1, -0.05) is 41.5 Å². The van der Waals surface area contributed by atoms with E-state index in [0.29, 0.717) is 0 Å². The first-order valence-electron chi connectivity index (χ1n) is 6.57. The summed E-state index contributed by atoms with van der Waals surface area (Å²) in [7, 11) is 0. The molecule has 0 fully saturated rings. The SMILES string of the molecule is CC(C)C.CC(C)C.Cc1ccsn1.c1cnsc1. The first-order chi connectivity index (χ1) is 8.86. The molecule has 110 valence electrons. The molecule has 0 N–H and O–H groups in total. The van der Waals surface area contributed by atoms with E-state index in [-0.39, 0.29) is 0 Å². The Bertz CT molecular complexity index is 298. The van der Waals surface area contributed by atoms with Crippen LogP contribution in [0.25, 0.3) is 0 Å². The summed E-state index contributed by atoms with van der Waals surface area (Å²) in [5, 5.41) is 3.90. The fourth-order valence-corrected chi connectivity index (χ4v) is 1.35. The maximum atomic E-state index is 3.96. The zero-order chi connectivity index (χ0) is 15.1. The summed E-state index contributed by atoms with van der Waals surface area (Å²) in [5.74, 6) is 1.67. The average Bonchev–Trinajstić information content (AvgIpc) is 2.89. The molecule has 4 heteroatoms. The zero-order valence-corrected chi connectivity index (χ0v) is 14.9. The van der Waals surface area contributed by atoms with E-state index in [0.717, 1.165) is 17.5 Å². The molecule has 0 saturated carbocycles. The second kappa shape index (κ2) is 15.3. The molecular weight excluding hydrogens is 272 g/mol. The highest BCUT2D eigenvalue weighted by Crippen LogP contribution is 1.94. The Kier molecular flexibility index (Phi) is 16.6. The Balaban J connectivity index is 0. The lowest BCUT2D eigenvalue weighted by molar-refractivity contribution is 0.736. The largest absolute Gasteiger partial charge is 0.201 e. The molecule has 2 rings (SSSR count). The first-order valence-corrected chi connectivity index (χ1v) is 8.24. The number of hydrogen-bond acceptors (Lipinski definition) is 4. The smallest absolute Gasteiger partial charge is 0.0511 e. The summed E-state index contributed by atoms with van der Waals surface area (Å²) in [6, 6.07) is 3.90. The van der Waals surface area contributed by atoms with E-state index in [1.165, 1.54) is 23.1 Å². The summed E-state index contributed by atoms with van der Waals surface area (Å²) in [6.45, 7) is 15.0. The third-order valence-corrected chi connectivity index (χ3v) is 2.09. The maximum Gasteiger partial charge on any atom is 0.0511 e. The Hall–Kier alpha value is -0.740. The van der Waals surface area contributed by atoms with Crippen LogP contribution < -0.4 is 0 Å². The molecule has 0 atom stereocenters. The van der Waals surface area contributed by atoms with Gasteiger partial charge in [-0.2, -0.15) is 4.37 Å². The minimum absolute atomic E-state index is 0.833. The minimum atomic E-state index is 0.833. The molecule has 2 aromatic heterocycles. The predicted molar refractivity (Wildman–Crippen MR) is 90.0 cm³/mol. The average molecular weight is 301 g/mol. The lowest BCUT2D eigenvalue weighted by Gasteiger charge is -1.79. The highest BCUT2D eigenvalue weighted by atomic mass is 32.1. The van der Waals surface area contributed by atoms with Crippen LogP contribution in [0.2, 0.25) is 0 Å². The van der Waals surface area contributed by atoms with E-state index >= 15 is 0 Å². The van der Waals surface area contributed by atoms with Gasteiger partial charge in [0.25, 0.3) is 0 Å². The number of nitrogens with zero attached hydrogens (tertiary/aromatic N) is 2. The van der Waals surface area contributed by atoms with Crippen molar-refractivity contribution in [2.45, 2.75) is 48.5 Å². The van der Waals surface area contributed by atoms with Gasteiger partial charge in [-0.05, 0) is 54.0 Å². The van der Waals surface area contributed by atoms with E-state index < -0.39 is 0 Å². The summed E-state index contributed by atoms with van der Waals surface area (Å²) >= 11 is 2.95. The topological polar surface area (TPSA) is 25.8 Å². The molecule has 2 aromatic rings. The summed E-state index contributed by atoms with van der Waals surface area (Å²) in [5.41, 5.74) is 1.11. The highest BCUT2D eigenvalue weighted by Gasteiger charge is 1.76. The Morgan fingerprint density at radius 2 is 1.42 bits per heavy atom. The number of aryl methyl sites for hydroxylation is 1. The third kappa shape index (κ3) is 31.7. The van der Waals surface area contributed by atoms with Gasteiger partial charge < -0.3 is 0 Å². The predicted octanol–water partition coefficient (Wildman–Crippen LogP) is 5.92. The van der Waals surface area contributed by atoms with Crippen molar-refractivity contribution in [3.63, 3.8) is 0 Å². The van der Waals surface area contributed by atoms with Crippen LogP contribution in [0.4, 0.5) is 0 Å². The van der Waals surface area contributed by atoms with Crippen molar-refractivity contribution in [2.24, 2.45) is 11.8 Å². The molecule has 0 unspecified atom stereocenters. The third-order valence-electron chi connectivity index (χ3n) is 0.914. The van der Waals surface area contributed by atoms with Crippen LogP contribution >= 0.6 is 23.1 Å². The van der Waals surface area contributed by atoms with E-state index in [9.17, 15) is 0 Å². The molecule has 0 spiro atoms. The molecule has 0 saturated heterocycles. The van der Waals surface area contributed by atoms with Crippen LogP contribution in [0.1, 0.15) is 47.2 Å². The summed E-state index contributed by atoms with van der Waals surface area (Å²) in [6.07, 6.45) is 1.77. The van der Waals surface area contributed by atoms with Crippen LogP contribution in [0.15, 0.2) is 29.1 Å². The van der Waals surface area contributed by atoms with Crippen LogP contribution in [0, 0.1) is 18.8 Å². The van der Waals surface area contributed by atoms with Gasteiger partial charge in [0.15, 0.2) is 0 Å². The fourth-order valence-electron chi connectivity index (χ4n) is 0.449. The Labute approximate surface area is 127 Å². The molecule has 0 radical (unpaired) electrons. The van der Waals surface area contributed by atoms with Crippen molar-refractivity contribution in [3.8, 4) is 0 Å². The van der Waals surface area contributed by atoms with Gasteiger partial charge in [0.2, 0.25) is 0 Å². The van der Waals surface area contributed by atoms with Gasteiger partial charge in [0.05, 0.1) is 5.69 Å². The Morgan fingerprint density at radius 1 is 0.895 bits per heavy atom. The molecule has 2 heterocycles. The van der Waals surface area contributed by atoms with Crippen LogP contribution in [0.3, 0.4) is 0 Å². The fraction of sp³-hybridized carbons (Fsp3) is 0.600. The second-order valence-electron chi connectivity index (χ2n) is 5.29. The van der Waals surface area contributed by atoms with Gasteiger partial charge in [0, 0.05) is 17.0 Å². The van der Waals surface area contributed by atoms with Gasteiger partial charge in [-0.3, -0.25) is 0 Å². The molecule has 0 aliphatic heterocycles. The molecule has 0 aromatic carbocycles. The molecule has 0 aliphatic carbocycles. The van der Waals surface area contributed by atoms with Crippen LogP contribution in [0.5, 0.6) is 0 Å². The maximum absolute atomic E-state index is 3.96. The quantitative estimate of drug-likeness (QED) is 0.603. The van der Waals surface area contributed by atoms with Crippen molar-refractivity contribution in [1.82, 2.24) is 8.75 Å². The van der Waals surface area contributed by atoms with E-state index in [1.54, 1.807) is 6.20 Å². The molecule has 19 heavy (non-hydrogen) atoms. The molecule has 0 amide bonds. The van der Waals surface area contributed by atoms with Crippen molar-refractivity contribution in [2.75, 3.05) is 0 Å². The van der Waals surface area contributed by atoms with Crippen molar-refractivity contribution >= 4 is 23.1 Å². The number of rotatable bonds is 0. The van der Waals surface area contributed by atoms with Gasteiger partial charge in [-0.15, -0.1) is 0 Å². The summed E-state index contributed by atoms with van der Waals surface area (Å²) < 4.78 is 7.72. The molecular formula is C15H28N2S2. The highest BCUT2D eigenvalue weighted by molar-refractivity contribution is 7.03. The normalized spacial score (nSPS) is 8.68. The van der Waals surface area contributed by atoms with E-state index in [1.807, 2.05) is 29.8 Å². The van der Waals surface area contributed by atoms with Gasteiger partial charge >= 0.3 is 0 Å². The standard InChI is InChI=1S/C4H5NS.2C4H10.C3H3NS/c1-4-2-3-6-5-4;2*1-4(2)3;1-2-4-5-3-1/h2-3H,1H3;2*4H,1-3H3;1-3H. The van der Waals surface area contributed by atoms with E-state index in [2.05, 4.69) is 50.3 Å². The van der Waals surface area contributed by atoms with Crippen LogP contribution in [-0.4, -0.2) is 8.75 Å². The monoisotopic (exact) mass is 300 g/mol. The first kappa shape index (κ1) is 20.6. The van der Waals surface area contributed by atoms with Crippen molar-refractivity contribution < 1.29 is 0 Å². The zero-order valence-electron chi connectivity index (χ0n) is 13.3. The lowest BCUT2D eigenvalue weighted by atomic mass is 10.3. The lowest BCUT2D eigenvalue weighted by Crippen LogP contribution is -1.66. The molecule has 2 nitrogen and oxygen atoms in total. The summed E-state index contributed by atoms with van der Waals surface area (Å²) in [4.78, 5) is 0. The molecule has 0 aliphatic rings. The Morgan fingerprint density at radius 3 is 1.53 bits per heavy atom. The molecule has 0 bridgehead atoms. The van der Waals surface area contributed by atoms with Crippen LogP contribution in [-0.2, 0) is 0 Å². The number of aromatic nitrogens is 2. The number of hydrogen-bond donors (Lipinski definition) is 0. The van der Waals surface area contributed by atoms with Gasteiger partial charge in [-0.25, -0.2) is 4.37 Å². The van der Waals surface area contributed by atoms with E-state index in [4.69, 9.17) is 0 Å².